The maximum Gasteiger partial charge on any atom is 0.407 e. The van der Waals surface area contributed by atoms with Crippen LogP contribution in [0.3, 0.4) is 0 Å². The highest BCUT2D eigenvalue weighted by atomic mass is 19.1. The lowest BCUT2D eigenvalue weighted by Crippen LogP contribution is -2.43. The van der Waals surface area contributed by atoms with Crippen LogP contribution in [0.5, 0.6) is 0 Å². The molecule has 1 aliphatic heterocycles. The molecule has 1 aliphatic carbocycles. The summed E-state index contributed by atoms with van der Waals surface area (Å²) in [6.07, 6.45) is 3.32. The summed E-state index contributed by atoms with van der Waals surface area (Å²) in [5.41, 5.74) is -2.35. The van der Waals surface area contributed by atoms with Crippen LogP contribution >= 0.6 is 0 Å². The number of aromatic nitrogens is 1. The van der Waals surface area contributed by atoms with Crippen LogP contribution in [0.25, 0.3) is 10.9 Å². The number of nitrogens with one attached hydrogen (secondary N) is 1. The van der Waals surface area contributed by atoms with Gasteiger partial charge in [0.05, 0.1) is 10.9 Å². The van der Waals surface area contributed by atoms with Gasteiger partial charge in [0.1, 0.15) is 22.7 Å². The van der Waals surface area contributed by atoms with Gasteiger partial charge in [-0.05, 0) is 58.4 Å². The number of carboxylic acid groups (broad SMARTS) is 1. The van der Waals surface area contributed by atoms with Gasteiger partial charge in [0.15, 0.2) is 5.82 Å². The van der Waals surface area contributed by atoms with Crippen LogP contribution in [0, 0.1) is 17.6 Å². The number of carbonyl (C=O) groups excluding carboxylic acids is 1. The molecule has 35 heavy (non-hydrogen) atoms. The van der Waals surface area contributed by atoms with Gasteiger partial charge in [-0.1, -0.05) is 6.92 Å². The molecule has 2 N–H and O–H groups in total. The molecule has 2 fully saturated rings. The van der Waals surface area contributed by atoms with Crippen molar-refractivity contribution in [1.82, 2.24) is 9.88 Å². The highest BCUT2D eigenvalue weighted by molar-refractivity contribution is 5.94. The molecular weight excluding hydrogens is 460 g/mol. The van der Waals surface area contributed by atoms with Crippen LogP contribution < -0.4 is 15.6 Å². The fourth-order valence-corrected chi connectivity index (χ4v) is 4.85. The van der Waals surface area contributed by atoms with E-state index in [2.05, 4.69) is 5.32 Å². The van der Waals surface area contributed by atoms with Gasteiger partial charge in [0.25, 0.3) is 0 Å². The first-order valence-electron chi connectivity index (χ1n) is 12.0. The van der Waals surface area contributed by atoms with Gasteiger partial charge in [-0.15, -0.1) is 0 Å². The maximum absolute atomic E-state index is 15.9. The molecule has 1 saturated heterocycles. The van der Waals surface area contributed by atoms with Crippen LogP contribution in [0.4, 0.5) is 19.3 Å². The number of alkyl carbamates (subject to hydrolysis) is 1. The first kappa shape index (κ1) is 24.9. The van der Waals surface area contributed by atoms with E-state index in [9.17, 15) is 19.5 Å². The molecular formula is C25H31F2N3O5. The quantitative estimate of drug-likeness (QED) is 0.620. The van der Waals surface area contributed by atoms with E-state index in [1.54, 1.807) is 25.7 Å². The number of carbonyl (C=O) groups is 2. The summed E-state index contributed by atoms with van der Waals surface area (Å²) >= 11 is 0. The standard InChI is InChI=1S/C25H31F2N3O5/c1-5-18(28-24(34)35-25(2,3)4)13-8-9-29(11-13)21-17(26)10-15-20(19(21)27)30(14-6-7-14)12-16(22(15)31)23(32)33/h10,12-14,18H,5-9,11H2,1-4H3,(H,28,34)(H,32,33)/t13-,18+/m1/s1. The van der Waals surface area contributed by atoms with E-state index < -0.39 is 40.3 Å². The third-order valence-corrected chi connectivity index (χ3v) is 6.61. The van der Waals surface area contributed by atoms with E-state index in [1.165, 1.54) is 10.8 Å². The topological polar surface area (TPSA) is 101 Å². The molecule has 4 rings (SSSR count). The van der Waals surface area contributed by atoms with Crippen molar-refractivity contribution < 1.29 is 28.2 Å². The van der Waals surface area contributed by atoms with E-state index in [0.717, 1.165) is 18.9 Å². The molecule has 2 heterocycles. The Morgan fingerprint density at radius 3 is 2.51 bits per heavy atom. The van der Waals surface area contributed by atoms with Crippen molar-refractivity contribution in [2.45, 2.75) is 71.1 Å². The summed E-state index contributed by atoms with van der Waals surface area (Å²) in [4.78, 5) is 38.1. The molecule has 0 radical (unpaired) electrons. The molecule has 1 saturated carbocycles. The fraction of sp³-hybridized carbons (Fsp3) is 0.560. The van der Waals surface area contributed by atoms with Crippen molar-refractivity contribution in [3.05, 3.63) is 39.7 Å². The molecule has 2 atom stereocenters. The summed E-state index contributed by atoms with van der Waals surface area (Å²) < 4.78 is 37.9. The predicted octanol–water partition coefficient (Wildman–Crippen LogP) is 4.44. The second-order valence-electron chi connectivity index (χ2n) is 10.4. The summed E-state index contributed by atoms with van der Waals surface area (Å²) in [6, 6.07) is 0.590. The highest BCUT2D eigenvalue weighted by Crippen LogP contribution is 2.40. The Kier molecular flexibility index (Phi) is 6.50. The maximum atomic E-state index is 15.9. The average molecular weight is 492 g/mol. The van der Waals surface area contributed by atoms with Crippen molar-refractivity contribution in [3.63, 3.8) is 0 Å². The molecule has 8 nitrogen and oxygen atoms in total. The number of anilines is 1. The summed E-state index contributed by atoms with van der Waals surface area (Å²) in [5.74, 6) is -3.26. The Morgan fingerprint density at radius 2 is 1.94 bits per heavy atom. The van der Waals surface area contributed by atoms with Gasteiger partial charge >= 0.3 is 12.1 Å². The predicted molar refractivity (Wildman–Crippen MR) is 127 cm³/mol. The van der Waals surface area contributed by atoms with Crippen LogP contribution in [-0.2, 0) is 4.74 Å². The van der Waals surface area contributed by atoms with Gasteiger partial charge in [0, 0.05) is 31.4 Å². The monoisotopic (exact) mass is 491 g/mol. The zero-order chi connectivity index (χ0) is 25.7. The molecule has 2 aromatic rings. The molecule has 1 aromatic heterocycles. The highest BCUT2D eigenvalue weighted by Gasteiger charge is 2.35. The number of nitrogens with zero attached hydrogens (tertiary/aromatic N) is 2. The Labute approximate surface area is 201 Å². The van der Waals surface area contributed by atoms with Gasteiger partial charge in [0.2, 0.25) is 5.43 Å². The number of halogens is 2. The lowest BCUT2D eigenvalue weighted by molar-refractivity contribution is 0.0486. The third kappa shape index (κ3) is 4.97. The molecule has 1 amide bonds. The zero-order valence-corrected chi connectivity index (χ0v) is 20.4. The van der Waals surface area contributed by atoms with Crippen molar-refractivity contribution in [2.24, 2.45) is 5.92 Å². The lowest BCUT2D eigenvalue weighted by atomic mass is 9.97. The molecule has 0 unspecified atom stereocenters. The second-order valence-corrected chi connectivity index (χ2v) is 10.4. The minimum atomic E-state index is -1.43. The van der Waals surface area contributed by atoms with Crippen LogP contribution in [0.2, 0.25) is 0 Å². The Morgan fingerprint density at radius 1 is 1.26 bits per heavy atom. The van der Waals surface area contributed by atoms with Gasteiger partial charge in [-0.25, -0.2) is 18.4 Å². The Hall–Kier alpha value is -3.17. The Balaban J connectivity index is 1.66. The number of pyridine rings is 1. The number of benzene rings is 1. The number of rotatable bonds is 6. The van der Waals surface area contributed by atoms with Crippen molar-refractivity contribution in [3.8, 4) is 0 Å². The van der Waals surface area contributed by atoms with Crippen LogP contribution in [0.15, 0.2) is 17.1 Å². The largest absolute Gasteiger partial charge is 0.477 e. The molecule has 0 spiro atoms. The van der Waals surface area contributed by atoms with Gasteiger partial charge < -0.3 is 24.6 Å². The lowest BCUT2D eigenvalue weighted by Gasteiger charge is -2.27. The van der Waals surface area contributed by atoms with E-state index >= 15 is 8.78 Å². The molecule has 1 aromatic carbocycles. The molecule has 0 bridgehead atoms. The number of aromatic carboxylic acids is 1. The van der Waals surface area contributed by atoms with E-state index in [4.69, 9.17) is 4.74 Å². The van der Waals surface area contributed by atoms with Crippen LogP contribution in [0.1, 0.15) is 69.8 Å². The number of amides is 1. The normalized spacial score (nSPS) is 19.1. The molecule has 190 valence electrons. The van der Waals surface area contributed by atoms with Crippen LogP contribution in [-0.4, -0.2) is 46.5 Å². The summed E-state index contributed by atoms with van der Waals surface area (Å²) in [7, 11) is 0. The van der Waals surface area contributed by atoms with E-state index in [-0.39, 0.29) is 34.6 Å². The second kappa shape index (κ2) is 9.13. The number of carboxylic acids is 1. The summed E-state index contributed by atoms with van der Waals surface area (Å²) in [5, 5.41) is 12.0. The Bertz CT molecular complexity index is 1230. The zero-order valence-electron chi connectivity index (χ0n) is 20.4. The number of hydrogen-bond donors (Lipinski definition) is 2. The van der Waals surface area contributed by atoms with Crippen molar-refractivity contribution in [2.75, 3.05) is 18.0 Å². The molecule has 10 heteroatoms. The number of ether oxygens (including phenoxy) is 1. The SMILES string of the molecule is CC[C@H](NC(=O)OC(C)(C)C)[C@@H]1CCN(c2c(F)cc3c(=O)c(C(=O)O)cn(C4CC4)c3c2F)C1. The number of fused-ring (bicyclic) bond motifs is 1. The van der Waals surface area contributed by atoms with Crippen molar-refractivity contribution >= 4 is 28.7 Å². The third-order valence-electron chi connectivity index (χ3n) is 6.61. The van der Waals surface area contributed by atoms with Gasteiger partial charge in [-0.2, -0.15) is 0 Å². The fourth-order valence-electron chi connectivity index (χ4n) is 4.85. The first-order chi connectivity index (χ1) is 16.4. The smallest absolute Gasteiger partial charge is 0.407 e. The molecule has 2 aliphatic rings. The van der Waals surface area contributed by atoms with Gasteiger partial charge in [-0.3, -0.25) is 4.79 Å². The first-order valence-corrected chi connectivity index (χ1v) is 12.0. The average Bonchev–Trinajstić information content (AvgIpc) is 3.49. The number of hydrogen-bond acceptors (Lipinski definition) is 5. The van der Waals surface area contributed by atoms with E-state index in [1.807, 2.05) is 6.92 Å². The van der Waals surface area contributed by atoms with Crippen molar-refractivity contribution in [1.29, 1.82) is 0 Å². The van der Waals surface area contributed by atoms with E-state index in [0.29, 0.717) is 25.9 Å². The minimum Gasteiger partial charge on any atom is -0.477 e. The minimum absolute atomic E-state index is 0.0537. The summed E-state index contributed by atoms with van der Waals surface area (Å²) in [6.45, 7) is 7.94.